The van der Waals surface area contributed by atoms with E-state index in [4.69, 9.17) is 23.2 Å². The van der Waals surface area contributed by atoms with Crippen LogP contribution in [0.15, 0.2) is 6.33 Å². The number of H-pyrrole nitrogens is 1. The van der Waals surface area contributed by atoms with Crippen molar-refractivity contribution in [2.75, 3.05) is 0 Å². The molecule has 2 aromatic rings. The summed E-state index contributed by atoms with van der Waals surface area (Å²) in [5, 5.41) is 0.395. The van der Waals surface area contributed by atoms with E-state index in [1.54, 1.807) is 0 Å². The number of nitrogens with zero attached hydrogens (tertiary/aromatic N) is 3. The fourth-order valence-electron chi connectivity index (χ4n) is 0.773. The molecule has 0 fully saturated rings. The molecule has 2 rings (SSSR count). The average Bonchev–Trinajstić information content (AvgIpc) is 2.34. The summed E-state index contributed by atoms with van der Waals surface area (Å²) in [6, 6.07) is 0. The van der Waals surface area contributed by atoms with Gasteiger partial charge in [-0.15, -0.1) is 0 Å². The molecule has 0 aliphatic rings. The number of hydrogen-bond acceptors (Lipinski definition) is 3. The van der Waals surface area contributed by atoms with E-state index in [0.29, 0.717) is 11.2 Å². The molecular formula is C5H2Cl2KN4+. The number of halogens is 2. The fourth-order valence-corrected chi connectivity index (χ4v) is 1.20. The molecule has 0 aliphatic carbocycles. The van der Waals surface area contributed by atoms with Crippen LogP contribution in [0.3, 0.4) is 0 Å². The maximum Gasteiger partial charge on any atom is 1.00 e. The van der Waals surface area contributed by atoms with E-state index < -0.39 is 0 Å². The zero-order valence-electron chi connectivity index (χ0n) is 6.17. The van der Waals surface area contributed by atoms with Crippen LogP contribution >= 0.6 is 23.2 Å². The zero-order chi connectivity index (χ0) is 7.84. The molecule has 0 saturated heterocycles. The van der Waals surface area contributed by atoms with Crippen molar-refractivity contribution in [1.29, 1.82) is 0 Å². The third kappa shape index (κ3) is 1.98. The molecule has 56 valence electrons. The van der Waals surface area contributed by atoms with Crippen molar-refractivity contribution in [2.45, 2.75) is 0 Å². The minimum absolute atomic E-state index is 0. The van der Waals surface area contributed by atoms with E-state index in [0.717, 1.165) is 0 Å². The van der Waals surface area contributed by atoms with Crippen molar-refractivity contribution in [3.63, 3.8) is 0 Å². The van der Waals surface area contributed by atoms with E-state index in [9.17, 15) is 0 Å². The Hall–Kier alpha value is 0.766. The van der Waals surface area contributed by atoms with Gasteiger partial charge in [-0.2, -0.15) is 4.98 Å². The van der Waals surface area contributed by atoms with Crippen molar-refractivity contribution < 1.29 is 51.4 Å². The Balaban J connectivity index is 0.000000720. The summed E-state index contributed by atoms with van der Waals surface area (Å²) in [6.07, 6.45) is 1.49. The van der Waals surface area contributed by atoms with Crippen LogP contribution in [-0.4, -0.2) is 19.9 Å². The molecule has 1 N–H and O–H groups in total. The van der Waals surface area contributed by atoms with Crippen molar-refractivity contribution in [3.8, 4) is 0 Å². The molecule has 2 heterocycles. The Bertz CT molecular complexity index is 401. The fraction of sp³-hybridized carbons (Fsp3) is 0. The van der Waals surface area contributed by atoms with Gasteiger partial charge in [0.05, 0.1) is 6.33 Å². The van der Waals surface area contributed by atoms with Crippen molar-refractivity contribution >= 4 is 34.4 Å². The van der Waals surface area contributed by atoms with Crippen LogP contribution in [0, 0.1) is 0 Å². The average molecular weight is 228 g/mol. The molecule has 7 heteroatoms. The first-order valence-electron chi connectivity index (χ1n) is 2.79. The topological polar surface area (TPSA) is 54.5 Å². The third-order valence-corrected chi connectivity index (χ3v) is 1.66. The minimum Gasteiger partial charge on any atom is -0.341 e. The number of nitrogens with one attached hydrogen (secondary N) is 1. The van der Waals surface area contributed by atoms with Crippen molar-refractivity contribution in [3.05, 3.63) is 16.8 Å². The van der Waals surface area contributed by atoms with Crippen LogP contribution in [0.4, 0.5) is 0 Å². The molecule has 0 aliphatic heterocycles. The Morgan fingerprint density at radius 3 is 2.75 bits per heavy atom. The van der Waals surface area contributed by atoms with E-state index in [-0.39, 0.29) is 61.8 Å². The normalized spacial score (nSPS) is 9.83. The Morgan fingerprint density at radius 1 is 1.25 bits per heavy atom. The number of aromatic nitrogens is 4. The summed E-state index contributed by atoms with van der Waals surface area (Å²) < 4.78 is 0. The van der Waals surface area contributed by atoms with Gasteiger partial charge in [-0.25, -0.2) is 9.97 Å². The van der Waals surface area contributed by atoms with Gasteiger partial charge in [-0.3, -0.25) is 0 Å². The molecule has 0 saturated carbocycles. The number of fused-ring (bicyclic) bond motifs is 1. The van der Waals surface area contributed by atoms with Gasteiger partial charge in [0.25, 0.3) is 0 Å². The second-order valence-corrected chi connectivity index (χ2v) is 2.58. The maximum absolute atomic E-state index is 5.70. The van der Waals surface area contributed by atoms with Gasteiger partial charge in [0.2, 0.25) is 5.28 Å². The van der Waals surface area contributed by atoms with Crippen LogP contribution in [0.25, 0.3) is 11.2 Å². The third-order valence-electron chi connectivity index (χ3n) is 1.21. The van der Waals surface area contributed by atoms with Gasteiger partial charge < -0.3 is 4.98 Å². The molecule has 0 radical (unpaired) electrons. The van der Waals surface area contributed by atoms with Gasteiger partial charge in [-0.05, 0) is 11.6 Å². The standard InChI is InChI=1S/C5H2Cl2N4.K/c6-3-2-4(9-1-8-2)11-5(7)10-3;/h1H,(H,8,9,10,11);/q;+1. The van der Waals surface area contributed by atoms with Crippen molar-refractivity contribution in [2.24, 2.45) is 0 Å². The molecular weight excluding hydrogens is 226 g/mol. The van der Waals surface area contributed by atoms with Crippen LogP contribution in [0.5, 0.6) is 0 Å². The summed E-state index contributed by atoms with van der Waals surface area (Å²) in [7, 11) is 0. The number of aromatic amines is 1. The SMILES string of the molecule is Clc1nc(Cl)c2[nH]cnc2n1.[K+]. The van der Waals surface area contributed by atoms with E-state index in [1.807, 2.05) is 0 Å². The first-order chi connectivity index (χ1) is 5.27. The molecule has 4 nitrogen and oxygen atoms in total. The second-order valence-electron chi connectivity index (χ2n) is 1.88. The first kappa shape index (κ1) is 10.8. The van der Waals surface area contributed by atoms with E-state index in [2.05, 4.69) is 19.9 Å². The summed E-state index contributed by atoms with van der Waals surface area (Å²) in [5.74, 6) is 0. The molecule has 0 amide bonds. The molecule has 0 aromatic carbocycles. The molecule has 0 bridgehead atoms. The molecule has 12 heavy (non-hydrogen) atoms. The van der Waals surface area contributed by atoms with Gasteiger partial charge in [-0.1, -0.05) is 11.6 Å². The molecule has 0 unspecified atom stereocenters. The number of imidazole rings is 1. The molecule has 2 aromatic heterocycles. The summed E-state index contributed by atoms with van der Waals surface area (Å²) >= 11 is 11.2. The van der Waals surface area contributed by atoms with Gasteiger partial charge >= 0.3 is 51.4 Å². The number of hydrogen-bond donors (Lipinski definition) is 1. The zero-order valence-corrected chi connectivity index (χ0v) is 10.8. The van der Waals surface area contributed by atoms with Crippen LogP contribution in [0.2, 0.25) is 10.4 Å². The summed E-state index contributed by atoms with van der Waals surface area (Å²) in [4.78, 5) is 14.2. The predicted octanol–water partition coefficient (Wildman–Crippen LogP) is -1.34. The largest absolute Gasteiger partial charge is 1.00 e. The van der Waals surface area contributed by atoms with Crippen molar-refractivity contribution in [1.82, 2.24) is 19.9 Å². The Labute approximate surface area is 121 Å². The Morgan fingerprint density at radius 2 is 2.00 bits per heavy atom. The van der Waals surface area contributed by atoms with Crippen LogP contribution < -0.4 is 51.4 Å². The van der Waals surface area contributed by atoms with Gasteiger partial charge in [0.1, 0.15) is 5.52 Å². The maximum atomic E-state index is 5.70. The van der Waals surface area contributed by atoms with E-state index in [1.165, 1.54) is 6.33 Å². The molecule has 0 atom stereocenters. The quantitative estimate of drug-likeness (QED) is 0.345. The predicted molar refractivity (Wildman–Crippen MR) is 41.7 cm³/mol. The number of rotatable bonds is 0. The Kier molecular flexibility index (Phi) is 3.90. The summed E-state index contributed by atoms with van der Waals surface area (Å²) in [5.41, 5.74) is 1.09. The smallest absolute Gasteiger partial charge is 0.341 e. The second kappa shape index (κ2) is 4.32. The van der Waals surface area contributed by atoms with E-state index >= 15 is 0 Å². The minimum atomic E-state index is 0. The van der Waals surface area contributed by atoms with Crippen LogP contribution in [-0.2, 0) is 0 Å². The van der Waals surface area contributed by atoms with Gasteiger partial charge in [0.15, 0.2) is 10.8 Å². The monoisotopic (exact) mass is 227 g/mol. The first-order valence-corrected chi connectivity index (χ1v) is 3.55. The molecule has 0 spiro atoms. The summed E-state index contributed by atoms with van der Waals surface area (Å²) in [6.45, 7) is 0. The van der Waals surface area contributed by atoms with Crippen LogP contribution in [0.1, 0.15) is 0 Å². The van der Waals surface area contributed by atoms with Gasteiger partial charge in [0, 0.05) is 0 Å².